The van der Waals surface area contributed by atoms with Crippen LogP contribution in [0, 0.1) is 0 Å². The van der Waals surface area contributed by atoms with Gasteiger partial charge in [-0.15, -0.1) is 0 Å². The summed E-state index contributed by atoms with van der Waals surface area (Å²) in [4.78, 5) is 4.33. The number of ether oxygens (including phenoxy) is 1. The molecule has 0 amide bonds. The Kier molecular flexibility index (Phi) is 3.93. The zero-order valence-electron chi connectivity index (χ0n) is 12.7. The van der Waals surface area contributed by atoms with Crippen LogP contribution in [0.15, 0.2) is 48.8 Å². The van der Waals surface area contributed by atoms with Gasteiger partial charge in [0.05, 0.1) is 13.3 Å². The van der Waals surface area contributed by atoms with E-state index in [-0.39, 0.29) is 11.5 Å². The minimum Gasteiger partial charge on any atom is -0.495 e. The van der Waals surface area contributed by atoms with Crippen LogP contribution in [0.5, 0.6) is 5.75 Å². The molecule has 0 saturated heterocycles. The summed E-state index contributed by atoms with van der Waals surface area (Å²) in [5.41, 5.74) is 2.82. The number of methoxy groups -OCH3 is 1. The number of hydrogen-bond donors (Lipinski definition) is 1. The van der Waals surface area contributed by atoms with E-state index in [0.29, 0.717) is 0 Å². The van der Waals surface area contributed by atoms with E-state index >= 15 is 0 Å². The summed E-state index contributed by atoms with van der Waals surface area (Å²) in [6.45, 7) is 3.10. The molecule has 0 radical (unpaired) electrons. The molecule has 0 bridgehead atoms. The molecule has 1 aliphatic carbocycles. The average Bonchev–Trinajstić information content (AvgIpc) is 3.35. The molecule has 3 heteroatoms. The summed E-state index contributed by atoms with van der Waals surface area (Å²) < 4.78 is 5.33. The van der Waals surface area contributed by atoms with Crippen LogP contribution in [-0.4, -0.2) is 18.6 Å². The fourth-order valence-electron chi connectivity index (χ4n) is 3.19. The molecule has 1 N–H and O–H groups in total. The van der Waals surface area contributed by atoms with Gasteiger partial charge in [0.25, 0.3) is 0 Å². The van der Waals surface area contributed by atoms with Crippen molar-refractivity contribution >= 4 is 0 Å². The Morgan fingerprint density at radius 3 is 2.62 bits per heavy atom. The van der Waals surface area contributed by atoms with Gasteiger partial charge in [-0.1, -0.05) is 37.3 Å². The van der Waals surface area contributed by atoms with E-state index in [1.165, 1.54) is 24.0 Å². The molecule has 1 aromatic heterocycles. The molecule has 1 aromatic carbocycles. The molecule has 1 aliphatic rings. The first-order valence-corrected chi connectivity index (χ1v) is 7.58. The predicted molar refractivity (Wildman–Crippen MR) is 84.6 cm³/mol. The topological polar surface area (TPSA) is 34.2 Å². The van der Waals surface area contributed by atoms with Crippen LogP contribution in [0.3, 0.4) is 0 Å². The fraction of sp³-hybridized carbons (Fsp3) is 0.389. The van der Waals surface area contributed by atoms with E-state index in [9.17, 15) is 0 Å². The maximum atomic E-state index is 5.33. The molecule has 0 spiro atoms. The van der Waals surface area contributed by atoms with Gasteiger partial charge in [0.15, 0.2) is 0 Å². The first-order valence-electron chi connectivity index (χ1n) is 7.58. The Balaban J connectivity index is 1.98. The molecule has 2 aromatic rings. The highest BCUT2D eigenvalue weighted by molar-refractivity contribution is 5.39. The number of nitrogens with one attached hydrogen (secondary N) is 1. The highest BCUT2D eigenvalue weighted by Gasteiger charge is 2.51. The van der Waals surface area contributed by atoms with E-state index in [0.717, 1.165) is 12.3 Å². The summed E-state index contributed by atoms with van der Waals surface area (Å²) in [6.07, 6.45) is 6.14. The van der Waals surface area contributed by atoms with Crippen molar-refractivity contribution in [2.24, 2.45) is 0 Å². The summed E-state index contributed by atoms with van der Waals surface area (Å²) in [5.74, 6) is 0.819. The SMILES string of the molecule is CCNC(c1cncc(OC)c1)C1(c2ccccc2)CC1. The molecule has 1 atom stereocenters. The highest BCUT2D eigenvalue weighted by atomic mass is 16.5. The molecular weight excluding hydrogens is 260 g/mol. The minimum atomic E-state index is 0.200. The molecule has 1 unspecified atom stereocenters. The van der Waals surface area contributed by atoms with Crippen LogP contribution in [0.2, 0.25) is 0 Å². The lowest BCUT2D eigenvalue weighted by Gasteiger charge is -2.29. The lowest BCUT2D eigenvalue weighted by Crippen LogP contribution is -2.32. The molecular formula is C18H22N2O. The molecule has 1 saturated carbocycles. The van der Waals surface area contributed by atoms with Crippen LogP contribution >= 0.6 is 0 Å². The highest BCUT2D eigenvalue weighted by Crippen LogP contribution is 2.56. The molecule has 1 heterocycles. The van der Waals surface area contributed by atoms with Gasteiger partial charge < -0.3 is 10.1 Å². The largest absolute Gasteiger partial charge is 0.495 e. The Labute approximate surface area is 126 Å². The average molecular weight is 282 g/mol. The van der Waals surface area contributed by atoms with Gasteiger partial charge in [-0.25, -0.2) is 0 Å². The van der Waals surface area contributed by atoms with Crippen LogP contribution < -0.4 is 10.1 Å². The maximum absolute atomic E-state index is 5.33. The lowest BCUT2D eigenvalue weighted by molar-refractivity contribution is 0.405. The number of likely N-dealkylation sites (N-methyl/N-ethyl adjacent to an activating group) is 1. The number of aromatic nitrogens is 1. The van der Waals surface area contributed by atoms with Crippen LogP contribution in [0.1, 0.15) is 36.9 Å². The number of hydrogen-bond acceptors (Lipinski definition) is 3. The first kappa shape index (κ1) is 14.1. The molecule has 0 aliphatic heterocycles. The second-order valence-electron chi connectivity index (χ2n) is 5.67. The monoisotopic (exact) mass is 282 g/mol. The van der Waals surface area contributed by atoms with E-state index in [4.69, 9.17) is 4.74 Å². The smallest absolute Gasteiger partial charge is 0.137 e. The summed E-state index contributed by atoms with van der Waals surface area (Å²) in [5, 5.41) is 3.66. The van der Waals surface area contributed by atoms with Crippen molar-refractivity contribution in [1.82, 2.24) is 10.3 Å². The minimum absolute atomic E-state index is 0.200. The lowest BCUT2D eigenvalue weighted by atomic mass is 9.84. The number of benzene rings is 1. The van der Waals surface area contributed by atoms with Gasteiger partial charge in [-0.3, -0.25) is 4.98 Å². The molecule has 3 rings (SSSR count). The number of rotatable bonds is 6. The van der Waals surface area contributed by atoms with Crippen LogP contribution in [0.4, 0.5) is 0 Å². The Morgan fingerprint density at radius 1 is 1.24 bits per heavy atom. The third-order valence-electron chi connectivity index (χ3n) is 4.40. The Bertz CT molecular complexity index is 593. The van der Waals surface area contributed by atoms with Gasteiger partial charge in [-0.05, 0) is 36.6 Å². The Morgan fingerprint density at radius 2 is 2.00 bits per heavy atom. The van der Waals surface area contributed by atoms with E-state index in [1.54, 1.807) is 13.3 Å². The zero-order valence-corrected chi connectivity index (χ0v) is 12.7. The molecule has 3 nitrogen and oxygen atoms in total. The summed E-state index contributed by atoms with van der Waals surface area (Å²) in [7, 11) is 1.69. The van der Waals surface area contributed by atoms with Gasteiger partial charge in [0, 0.05) is 17.7 Å². The maximum Gasteiger partial charge on any atom is 0.137 e. The third-order valence-corrected chi connectivity index (χ3v) is 4.40. The van der Waals surface area contributed by atoms with Crippen molar-refractivity contribution in [3.05, 3.63) is 59.9 Å². The normalized spacial score (nSPS) is 17.2. The van der Waals surface area contributed by atoms with Crippen molar-refractivity contribution in [2.75, 3.05) is 13.7 Å². The zero-order chi connectivity index (χ0) is 14.7. The second kappa shape index (κ2) is 5.86. The van der Waals surface area contributed by atoms with Gasteiger partial charge in [-0.2, -0.15) is 0 Å². The van der Waals surface area contributed by atoms with Crippen LogP contribution in [0.25, 0.3) is 0 Å². The van der Waals surface area contributed by atoms with Gasteiger partial charge in [0.2, 0.25) is 0 Å². The van der Waals surface area contributed by atoms with E-state index in [1.807, 2.05) is 6.20 Å². The third kappa shape index (κ3) is 2.66. The van der Waals surface area contributed by atoms with E-state index in [2.05, 4.69) is 53.6 Å². The quantitative estimate of drug-likeness (QED) is 0.881. The standard InChI is InChI=1S/C18H22N2O/c1-3-20-17(14-11-16(21-2)13-19-12-14)18(9-10-18)15-7-5-4-6-8-15/h4-8,11-13,17,20H,3,9-10H2,1-2H3. The van der Waals surface area contributed by atoms with Crippen molar-refractivity contribution in [2.45, 2.75) is 31.2 Å². The van der Waals surface area contributed by atoms with Crippen molar-refractivity contribution < 1.29 is 4.74 Å². The summed E-state index contributed by atoms with van der Waals surface area (Å²) >= 11 is 0. The first-order chi connectivity index (χ1) is 10.3. The second-order valence-corrected chi connectivity index (χ2v) is 5.67. The fourth-order valence-corrected chi connectivity index (χ4v) is 3.19. The molecule has 1 fully saturated rings. The molecule has 21 heavy (non-hydrogen) atoms. The predicted octanol–water partition coefficient (Wildman–Crippen LogP) is 3.47. The van der Waals surface area contributed by atoms with Crippen molar-refractivity contribution in [1.29, 1.82) is 0 Å². The number of pyridine rings is 1. The number of nitrogens with zero attached hydrogens (tertiary/aromatic N) is 1. The van der Waals surface area contributed by atoms with E-state index < -0.39 is 0 Å². The van der Waals surface area contributed by atoms with Crippen molar-refractivity contribution in [3.63, 3.8) is 0 Å². The van der Waals surface area contributed by atoms with Crippen LogP contribution in [-0.2, 0) is 5.41 Å². The Hall–Kier alpha value is -1.87. The molecule has 110 valence electrons. The van der Waals surface area contributed by atoms with Crippen molar-refractivity contribution in [3.8, 4) is 5.75 Å². The van der Waals surface area contributed by atoms with Gasteiger partial charge >= 0.3 is 0 Å². The summed E-state index contributed by atoms with van der Waals surface area (Å²) in [6, 6.07) is 13.2. The van der Waals surface area contributed by atoms with Gasteiger partial charge in [0.1, 0.15) is 5.75 Å².